The Labute approximate surface area is 146 Å². The molecule has 0 unspecified atom stereocenters. The first kappa shape index (κ1) is 16.4. The van der Waals surface area contributed by atoms with E-state index in [2.05, 4.69) is 0 Å². The van der Waals surface area contributed by atoms with Crippen LogP contribution in [0.4, 0.5) is 0 Å². The molecular weight excluding hydrogens is 348 g/mol. The van der Waals surface area contributed by atoms with Crippen LogP contribution in [0.15, 0.2) is 35.4 Å². The molecule has 1 aliphatic rings. The van der Waals surface area contributed by atoms with Crippen molar-refractivity contribution in [3.8, 4) is 0 Å². The second kappa shape index (κ2) is 6.21. The number of para-hydroxylation sites is 1. The Morgan fingerprint density at radius 1 is 1.33 bits per heavy atom. The van der Waals surface area contributed by atoms with E-state index in [0.29, 0.717) is 10.5 Å². The number of carboxylic acid groups (broad SMARTS) is 1. The van der Waals surface area contributed by atoms with Gasteiger partial charge in [-0.2, -0.15) is 0 Å². The van der Waals surface area contributed by atoms with Gasteiger partial charge in [-0.05, 0) is 12.1 Å². The van der Waals surface area contributed by atoms with Gasteiger partial charge in [0.05, 0.1) is 10.4 Å². The average molecular weight is 360 g/mol. The topological polar surface area (TPSA) is 79.6 Å². The number of aliphatic carboxylic acids is 1. The smallest absolute Gasteiger partial charge is 0.323 e. The number of fused-ring (bicyclic) bond motifs is 1. The van der Waals surface area contributed by atoms with E-state index in [9.17, 15) is 14.4 Å². The number of nitrogens with zero attached hydrogens (tertiary/aromatic N) is 2. The maximum atomic E-state index is 12.3. The van der Waals surface area contributed by atoms with E-state index in [1.165, 1.54) is 11.5 Å². The predicted octanol–water partition coefficient (Wildman–Crippen LogP) is 2.59. The lowest BCUT2D eigenvalue weighted by molar-refractivity contribution is -0.140. The van der Waals surface area contributed by atoms with Crippen molar-refractivity contribution in [3.05, 3.63) is 40.9 Å². The highest BCUT2D eigenvalue weighted by atomic mass is 32.2. The quantitative estimate of drug-likeness (QED) is 0.669. The van der Waals surface area contributed by atoms with E-state index >= 15 is 0 Å². The molecule has 2 aromatic rings. The SMILES string of the molecule is CC(=O)n1cc(C=C2SC(=S)N(CC(=O)O)C2=O)c2ccccc21. The highest BCUT2D eigenvalue weighted by Crippen LogP contribution is 2.34. The third kappa shape index (κ3) is 2.85. The van der Waals surface area contributed by atoms with E-state index in [0.717, 1.165) is 27.6 Å². The Hall–Kier alpha value is -2.45. The van der Waals surface area contributed by atoms with Crippen LogP contribution in [0.25, 0.3) is 17.0 Å². The fraction of sp³-hybridized carbons (Fsp3) is 0.125. The van der Waals surface area contributed by atoms with Crippen molar-refractivity contribution in [2.75, 3.05) is 6.54 Å². The van der Waals surface area contributed by atoms with Crippen LogP contribution >= 0.6 is 24.0 Å². The zero-order chi connectivity index (χ0) is 17.4. The van der Waals surface area contributed by atoms with Gasteiger partial charge in [-0.15, -0.1) is 0 Å². The second-order valence-corrected chi connectivity index (χ2v) is 6.83. The molecule has 0 radical (unpaired) electrons. The number of aromatic nitrogens is 1. The molecule has 0 atom stereocenters. The van der Waals surface area contributed by atoms with Crippen LogP contribution in [0, 0.1) is 0 Å². The van der Waals surface area contributed by atoms with E-state index < -0.39 is 18.4 Å². The van der Waals surface area contributed by atoms with Gasteiger partial charge in [-0.3, -0.25) is 23.9 Å². The van der Waals surface area contributed by atoms with Crippen LogP contribution in [-0.4, -0.2) is 43.2 Å². The van der Waals surface area contributed by atoms with Crippen molar-refractivity contribution >= 4 is 63.1 Å². The molecule has 24 heavy (non-hydrogen) atoms. The van der Waals surface area contributed by atoms with E-state index in [-0.39, 0.29) is 10.2 Å². The lowest BCUT2D eigenvalue weighted by Gasteiger charge is -2.10. The number of hydrogen-bond acceptors (Lipinski definition) is 5. The number of thiocarbonyl (C=S) groups is 1. The molecule has 8 heteroatoms. The van der Waals surface area contributed by atoms with Gasteiger partial charge >= 0.3 is 5.97 Å². The van der Waals surface area contributed by atoms with Crippen molar-refractivity contribution in [1.29, 1.82) is 0 Å². The van der Waals surface area contributed by atoms with Crippen molar-refractivity contribution in [2.45, 2.75) is 6.92 Å². The molecule has 0 aliphatic carbocycles. The second-order valence-electron chi connectivity index (χ2n) is 5.15. The third-order valence-electron chi connectivity index (χ3n) is 3.54. The molecule has 1 aromatic carbocycles. The number of benzene rings is 1. The summed E-state index contributed by atoms with van der Waals surface area (Å²) in [7, 11) is 0. The Bertz CT molecular complexity index is 929. The maximum Gasteiger partial charge on any atom is 0.323 e. The fourth-order valence-electron chi connectivity index (χ4n) is 2.49. The summed E-state index contributed by atoms with van der Waals surface area (Å²) in [6, 6.07) is 7.36. The monoisotopic (exact) mass is 360 g/mol. The van der Waals surface area contributed by atoms with Gasteiger partial charge in [-0.1, -0.05) is 42.2 Å². The number of hydrogen-bond donors (Lipinski definition) is 1. The van der Waals surface area contributed by atoms with Crippen molar-refractivity contribution in [2.24, 2.45) is 0 Å². The van der Waals surface area contributed by atoms with Gasteiger partial charge in [0.15, 0.2) is 0 Å². The first-order valence-electron chi connectivity index (χ1n) is 6.96. The molecule has 0 spiro atoms. The van der Waals surface area contributed by atoms with Crippen LogP contribution < -0.4 is 0 Å². The minimum atomic E-state index is -1.12. The van der Waals surface area contributed by atoms with E-state index in [1.807, 2.05) is 24.3 Å². The number of thioether (sulfide) groups is 1. The molecule has 1 aromatic heterocycles. The molecular formula is C16H12N2O4S2. The van der Waals surface area contributed by atoms with Gasteiger partial charge in [0, 0.05) is 24.1 Å². The minimum Gasteiger partial charge on any atom is -0.480 e. The highest BCUT2D eigenvalue weighted by molar-refractivity contribution is 8.26. The van der Waals surface area contributed by atoms with Gasteiger partial charge in [-0.25, -0.2) is 0 Å². The molecule has 1 aliphatic heterocycles. The lowest BCUT2D eigenvalue weighted by atomic mass is 10.1. The zero-order valence-electron chi connectivity index (χ0n) is 12.6. The molecule has 2 heterocycles. The summed E-state index contributed by atoms with van der Waals surface area (Å²) >= 11 is 6.13. The molecule has 0 bridgehead atoms. The molecule has 122 valence electrons. The lowest BCUT2D eigenvalue weighted by Crippen LogP contribution is -2.33. The van der Waals surface area contributed by atoms with E-state index in [1.54, 1.807) is 12.3 Å². The molecule has 1 saturated heterocycles. The van der Waals surface area contributed by atoms with Crippen molar-refractivity contribution in [3.63, 3.8) is 0 Å². The standard InChI is InChI=1S/C16H12N2O4S2/c1-9(19)17-7-10(11-4-2-3-5-12(11)17)6-13-15(22)18(8-14(20)21)16(23)24-13/h2-7H,8H2,1H3,(H,20,21). The summed E-state index contributed by atoms with van der Waals surface area (Å²) < 4.78 is 1.73. The number of amides is 1. The van der Waals surface area contributed by atoms with Gasteiger partial charge in [0.25, 0.3) is 5.91 Å². The molecule has 1 N–H and O–H groups in total. The first-order valence-corrected chi connectivity index (χ1v) is 8.19. The number of carbonyl (C=O) groups is 3. The Balaban J connectivity index is 2.05. The molecule has 3 rings (SSSR count). The van der Waals surface area contributed by atoms with Crippen LogP contribution in [-0.2, 0) is 9.59 Å². The van der Waals surface area contributed by atoms with Crippen LogP contribution in [0.2, 0.25) is 0 Å². The first-order chi connectivity index (χ1) is 11.4. The Morgan fingerprint density at radius 3 is 2.71 bits per heavy atom. The summed E-state index contributed by atoms with van der Waals surface area (Å²) in [5.74, 6) is -1.70. The summed E-state index contributed by atoms with van der Waals surface area (Å²) in [5, 5.41) is 9.70. The van der Waals surface area contributed by atoms with Gasteiger partial charge in [0.1, 0.15) is 10.9 Å². The van der Waals surface area contributed by atoms with Crippen molar-refractivity contribution in [1.82, 2.24) is 9.47 Å². The van der Waals surface area contributed by atoms with Crippen LogP contribution in [0.5, 0.6) is 0 Å². The van der Waals surface area contributed by atoms with Gasteiger partial charge in [0.2, 0.25) is 5.91 Å². The summed E-state index contributed by atoms with van der Waals surface area (Å²) in [6.07, 6.45) is 3.31. The summed E-state index contributed by atoms with van der Waals surface area (Å²) in [4.78, 5) is 36.4. The maximum absolute atomic E-state index is 12.3. The Morgan fingerprint density at radius 2 is 2.04 bits per heavy atom. The number of carboxylic acids is 1. The minimum absolute atomic E-state index is 0.135. The predicted molar refractivity (Wildman–Crippen MR) is 95.8 cm³/mol. The van der Waals surface area contributed by atoms with Crippen molar-refractivity contribution < 1.29 is 19.5 Å². The number of rotatable bonds is 3. The normalized spacial score (nSPS) is 16.4. The summed E-state index contributed by atoms with van der Waals surface area (Å²) in [5.41, 5.74) is 1.45. The van der Waals surface area contributed by atoms with Crippen LogP contribution in [0.1, 0.15) is 17.3 Å². The molecule has 1 fully saturated rings. The fourth-order valence-corrected chi connectivity index (χ4v) is 3.74. The third-order valence-corrected chi connectivity index (χ3v) is 4.91. The Kier molecular flexibility index (Phi) is 4.25. The molecule has 6 nitrogen and oxygen atoms in total. The number of carbonyl (C=O) groups excluding carboxylic acids is 2. The molecule has 1 amide bonds. The molecule has 0 saturated carbocycles. The average Bonchev–Trinajstić information content (AvgIpc) is 3.01. The van der Waals surface area contributed by atoms with E-state index in [4.69, 9.17) is 17.3 Å². The van der Waals surface area contributed by atoms with Gasteiger partial charge < -0.3 is 5.11 Å². The summed E-state index contributed by atoms with van der Waals surface area (Å²) in [6.45, 7) is 1.000. The van der Waals surface area contributed by atoms with Crippen LogP contribution in [0.3, 0.4) is 0 Å². The largest absolute Gasteiger partial charge is 0.480 e. The zero-order valence-corrected chi connectivity index (χ0v) is 14.2. The highest BCUT2D eigenvalue weighted by Gasteiger charge is 2.33.